The fourth-order valence-corrected chi connectivity index (χ4v) is 2.57. The molecule has 0 saturated carbocycles. The lowest BCUT2D eigenvalue weighted by atomic mass is 9.90. The predicted molar refractivity (Wildman–Crippen MR) is 89.0 cm³/mol. The second-order valence-electron chi connectivity index (χ2n) is 5.63. The minimum absolute atomic E-state index is 0.668. The first-order chi connectivity index (χ1) is 10.2. The van der Waals surface area contributed by atoms with Crippen LogP contribution in [0.15, 0.2) is 55.4 Å². The van der Waals surface area contributed by atoms with Crippen molar-refractivity contribution in [3.8, 4) is 0 Å². The summed E-state index contributed by atoms with van der Waals surface area (Å²) in [4.78, 5) is 6.96. The van der Waals surface area contributed by atoms with E-state index in [1.807, 2.05) is 18.3 Å². The molecule has 3 nitrogen and oxygen atoms in total. The van der Waals surface area contributed by atoms with Crippen molar-refractivity contribution in [1.82, 2.24) is 15.2 Å². The summed E-state index contributed by atoms with van der Waals surface area (Å²) in [6.07, 6.45) is 10.0. The second-order valence-corrected chi connectivity index (χ2v) is 5.63. The molecule has 0 radical (unpaired) electrons. The highest BCUT2D eigenvalue weighted by atomic mass is 15.1. The summed E-state index contributed by atoms with van der Waals surface area (Å²) < 4.78 is 0. The van der Waals surface area contributed by atoms with Gasteiger partial charge in [-0.2, -0.15) is 0 Å². The number of nitrogens with one attached hydrogen (secondary N) is 1. The Kier molecular flexibility index (Phi) is 5.76. The monoisotopic (exact) mass is 283 g/mol. The lowest BCUT2D eigenvalue weighted by molar-refractivity contribution is 0.255. The number of hydrogen-bond acceptors (Lipinski definition) is 3. The Labute approximate surface area is 128 Å². The van der Waals surface area contributed by atoms with Crippen LogP contribution in [0.2, 0.25) is 0 Å². The van der Waals surface area contributed by atoms with Gasteiger partial charge in [0.25, 0.3) is 0 Å². The Morgan fingerprint density at radius 1 is 1.43 bits per heavy atom. The van der Waals surface area contributed by atoms with E-state index < -0.39 is 0 Å². The van der Waals surface area contributed by atoms with E-state index in [-0.39, 0.29) is 0 Å². The molecular weight excluding hydrogens is 258 g/mol. The van der Waals surface area contributed by atoms with Crippen molar-refractivity contribution in [2.24, 2.45) is 0 Å². The molecule has 1 aliphatic heterocycles. The zero-order valence-corrected chi connectivity index (χ0v) is 12.9. The molecule has 112 valence electrons. The van der Waals surface area contributed by atoms with Gasteiger partial charge in [-0.05, 0) is 56.6 Å². The zero-order chi connectivity index (χ0) is 15.1. The number of pyridine rings is 1. The van der Waals surface area contributed by atoms with Crippen molar-refractivity contribution in [1.29, 1.82) is 0 Å². The lowest BCUT2D eigenvalue weighted by Crippen LogP contribution is -2.29. The van der Waals surface area contributed by atoms with E-state index in [0.29, 0.717) is 12.5 Å². The van der Waals surface area contributed by atoms with Gasteiger partial charge in [-0.15, -0.1) is 0 Å². The predicted octanol–water partition coefficient (Wildman–Crippen LogP) is 3.24. The van der Waals surface area contributed by atoms with Gasteiger partial charge in [0, 0.05) is 11.9 Å². The van der Waals surface area contributed by atoms with Gasteiger partial charge in [0.05, 0.1) is 12.2 Å². The van der Waals surface area contributed by atoms with Gasteiger partial charge in [0.1, 0.15) is 0 Å². The highest BCUT2D eigenvalue weighted by molar-refractivity contribution is 5.21. The highest BCUT2D eigenvalue weighted by Crippen LogP contribution is 2.26. The molecule has 0 bridgehead atoms. The smallest absolute Gasteiger partial charge is 0.0594 e. The van der Waals surface area contributed by atoms with E-state index in [2.05, 4.69) is 47.5 Å². The molecule has 0 unspecified atom stereocenters. The summed E-state index contributed by atoms with van der Waals surface area (Å²) in [5.74, 6) is 0.668. The molecule has 3 heteroatoms. The van der Waals surface area contributed by atoms with Crippen LogP contribution in [-0.2, 0) is 6.54 Å². The molecule has 1 aromatic rings. The molecule has 1 aliphatic rings. The molecule has 0 atom stereocenters. The van der Waals surface area contributed by atoms with Crippen LogP contribution in [0, 0.1) is 0 Å². The zero-order valence-electron chi connectivity index (χ0n) is 12.9. The third-order valence-corrected chi connectivity index (χ3v) is 3.97. The van der Waals surface area contributed by atoms with Crippen LogP contribution in [0.25, 0.3) is 0 Å². The van der Waals surface area contributed by atoms with Gasteiger partial charge < -0.3 is 10.2 Å². The molecule has 0 aromatic carbocycles. The van der Waals surface area contributed by atoms with Gasteiger partial charge in [-0.3, -0.25) is 4.98 Å². The van der Waals surface area contributed by atoms with Crippen molar-refractivity contribution >= 4 is 0 Å². The molecule has 1 N–H and O–H groups in total. The normalized spacial score (nSPS) is 17.0. The lowest BCUT2D eigenvalue weighted by Gasteiger charge is -2.29. The van der Waals surface area contributed by atoms with Crippen LogP contribution in [0.3, 0.4) is 0 Å². The van der Waals surface area contributed by atoms with Gasteiger partial charge in [-0.1, -0.05) is 31.4 Å². The average Bonchev–Trinajstić information content (AvgIpc) is 2.52. The first-order valence-electron chi connectivity index (χ1n) is 7.54. The van der Waals surface area contributed by atoms with Crippen LogP contribution in [-0.4, -0.2) is 30.0 Å². The molecule has 21 heavy (non-hydrogen) atoms. The maximum absolute atomic E-state index is 4.56. The topological polar surface area (TPSA) is 28.2 Å². The van der Waals surface area contributed by atoms with E-state index in [1.54, 1.807) is 6.08 Å². The largest absolute Gasteiger partial charge is 0.380 e. The van der Waals surface area contributed by atoms with Crippen LogP contribution in [0.5, 0.6) is 0 Å². The fourth-order valence-electron chi connectivity index (χ4n) is 2.57. The van der Waals surface area contributed by atoms with Crippen LogP contribution >= 0.6 is 0 Å². The molecule has 0 amide bonds. The molecule has 2 heterocycles. The van der Waals surface area contributed by atoms with Gasteiger partial charge >= 0.3 is 0 Å². The number of hydrogen-bond donors (Lipinski definition) is 1. The van der Waals surface area contributed by atoms with Crippen molar-refractivity contribution in [3.63, 3.8) is 0 Å². The first-order valence-corrected chi connectivity index (χ1v) is 7.54. The Hall–Kier alpha value is -1.87. The van der Waals surface area contributed by atoms with Gasteiger partial charge in [-0.25, -0.2) is 0 Å². The van der Waals surface area contributed by atoms with E-state index in [1.165, 1.54) is 31.5 Å². The minimum Gasteiger partial charge on any atom is -0.380 e. The first kappa shape index (κ1) is 15.5. The molecule has 0 aliphatic carbocycles. The number of likely N-dealkylation sites (tertiary alicyclic amines) is 1. The molecule has 1 fully saturated rings. The number of aromatic nitrogens is 1. The number of piperidine rings is 1. The summed E-state index contributed by atoms with van der Waals surface area (Å²) in [7, 11) is 2.19. The van der Waals surface area contributed by atoms with Crippen LogP contribution in [0.1, 0.15) is 30.0 Å². The molecule has 1 saturated heterocycles. The summed E-state index contributed by atoms with van der Waals surface area (Å²) in [5, 5.41) is 3.24. The Balaban J connectivity index is 1.85. The number of nitrogens with zero attached hydrogens (tertiary/aromatic N) is 2. The van der Waals surface area contributed by atoms with Gasteiger partial charge in [0.2, 0.25) is 0 Å². The van der Waals surface area contributed by atoms with E-state index >= 15 is 0 Å². The third-order valence-electron chi connectivity index (χ3n) is 3.97. The summed E-state index contributed by atoms with van der Waals surface area (Å²) in [6, 6.07) is 4.34. The Morgan fingerprint density at radius 2 is 2.19 bits per heavy atom. The van der Waals surface area contributed by atoms with Crippen molar-refractivity contribution in [2.75, 3.05) is 20.1 Å². The fraction of sp³-hybridized carbons (Fsp3) is 0.389. The van der Waals surface area contributed by atoms with Crippen molar-refractivity contribution in [2.45, 2.75) is 25.3 Å². The standard InChI is InChI=1S/C18H25N3/c1-4-5-6-15(2)19-14-18-8-7-17(13-20-18)16-9-11-21(3)12-10-16/h4-8,13,16,19H,1-2,9-12,14H2,3H3/b6-5-. The second kappa shape index (κ2) is 7.79. The SMILES string of the molecule is C=C/C=C\C(=C)NCc1ccc(C2CCN(C)CC2)cn1. The molecule has 2 rings (SSSR count). The Bertz CT molecular complexity index is 494. The third kappa shape index (κ3) is 4.87. The van der Waals surface area contributed by atoms with Crippen molar-refractivity contribution in [3.05, 3.63) is 66.7 Å². The van der Waals surface area contributed by atoms with E-state index in [4.69, 9.17) is 0 Å². The van der Waals surface area contributed by atoms with Crippen molar-refractivity contribution < 1.29 is 0 Å². The van der Waals surface area contributed by atoms with E-state index in [0.717, 1.165) is 11.4 Å². The maximum Gasteiger partial charge on any atom is 0.0594 e. The number of allylic oxidation sites excluding steroid dienone is 3. The molecule has 0 spiro atoms. The van der Waals surface area contributed by atoms with E-state index in [9.17, 15) is 0 Å². The molecular formula is C18H25N3. The average molecular weight is 283 g/mol. The minimum atomic E-state index is 0.668. The summed E-state index contributed by atoms with van der Waals surface area (Å²) in [6.45, 7) is 10.6. The highest BCUT2D eigenvalue weighted by Gasteiger charge is 2.18. The summed E-state index contributed by atoms with van der Waals surface area (Å²) in [5.41, 5.74) is 3.29. The quantitative estimate of drug-likeness (QED) is 0.812. The van der Waals surface area contributed by atoms with Crippen LogP contribution in [0.4, 0.5) is 0 Å². The number of rotatable bonds is 6. The Morgan fingerprint density at radius 3 is 2.81 bits per heavy atom. The summed E-state index contributed by atoms with van der Waals surface area (Å²) >= 11 is 0. The molecule has 1 aromatic heterocycles. The maximum atomic E-state index is 4.56. The van der Waals surface area contributed by atoms with Crippen LogP contribution < -0.4 is 5.32 Å². The van der Waals surface area contributed by atoms with Gasteiger partial charge in [0.15, 0.2) is 0 Å².